The number of amides is 3. The van der Waals surface area contributed by atoms with Gasteiger partial charge < -0.3 is 16.0 Å². The van der Waals surface area contributed by atoms with Crippen LogP contribution in [0.3, 0.4) is 0 Å². The third-order valence-electron chi connectivity index (χ3n) is 3.43. The van der Waals surface area contributed by atoms with Crippen molar-refractivity contribution in [3.63, 3.8) is 0 Å². The van der Waals surface area contributed by atoms with Gasteiger partial charge in [-0.1, -0.05) is 27.7 Å². The van der Waals surface area contributed by atoms with E-state index in [2.05, 4.69) is 29.8 Å². The standard InChI is InChI=1S/C17H27N3O2/c1-11(2)10-18-16(21)14-6-8-15(9-7-14)20-17(22)19-13(5)12(3)4/h6-9,11-13H,10H2,1-5H3,(H,18,21)(H2,19,20,22). The average molecular weight is 305 g/mol. The fourth-order valence-electron chi connectivity index (χ4n) is 1.64. The average Bonchev–Trinajstić information content (AvgIpc) is 2.45. The minimum absolute atomic E-state index is 0.0982. The van der Waals surface area contributed by atoms with Crippen LogP contribution in [-0.2, 0) is 0 Å². The van der Waals surface area contributed by atoms with E-state index in [1.807, 2.05) is 20.8 Å². The largest absolute Gasteiger partial charge is 0.352 e. The van der Waals surface area contributed by atoms with Crippen molar-refractivity contribution in [3.05, 3.63) is 29.8 Å². The van der Waals surface area contributed by atoms with Crippen LogP contribution in [0.5, 0.6) is 0 Å². The summed E-state index contributed by atoms with van der Waals surface area (Å²) in [7, 11) is 0. The summed E-state index contributed by atoms with van der Waals surface area (Å²) >= 11 is 0. The van der Waals surface area contributed by atoms with Gasteiger partial charge in [-0.2, -0.15) is 0 Å². The summed E-state index contributed by atoms with van der Waals surface area (Å²) in [5.74, 6) is 0.687. The Morgan fingerprint density at radius 2 is 1.59 bits per heavy atom. The molecule has 1 rings (SSSR count). The molecule has 3 amide bonds. The van der Waals surface area contributed by atoms with E-state index in [1.54, 1.807) is 24.3 Å². The summed E-state index contributed by atoms with van der Waals surface area (Å²) < 4.78 is 0. The van der Waals surface area contributed by atoms with Gasteiger partial charge >= 0.3 is 6.03 Å². The van der Waals surface area contributed by atoms with Crippen molar-refractivity contribution < 1.29 is 9.59 Å². The minimum atomic E-state index is -0.238. The van der Waals surface area contributed by atoms with E-state index in [0.717, 1.165) is 0 Å². The zero-order valence-electron chi connectivity index (χ0n) is 14.1. The zero-order valence-corrected chi connectivity index (χ0v) is 14.1. The quantitative estimate of drug-likeness (QED) is 0.755. The normalized spacial score (nSPS) is 12.1. The van der Waals surface area contributed by atoms with Gasteiger partial charge in [-0.25, -0.2) is 4.79 Å². The SMILES string of the molecule is CC(C)CNC(=O)c1ccc(NC(=O)NC(C)C(C)C)cc1. The topological polar surface area (TPSA) is 70.2 Å². The minimum Gasteiger partial charge on any atom is -0.352 e. The summed E-state index contributed by atoms with van der Waals surface area (Å²) in [6.07, 6.45) is 0. The monoisotopic (exact) mass is 305 g/mol. The molecule has 0 saturated heterocycles. The number of urea groups is 1. The maximum absolute atomic E-state index is 11.9. The van der Waals surface area contributed by atoms with Crippen LogP contribution in [0.25, 0.3) is 0 Å². The Labute approximate surface area is 132 Å². The first-order valence-electron chi connectivity index (χ1n) is 7.75. The Bertz CT molecular complexity index is 495. The van der Waals surface area contributed by atoms with E-state index in [-0.39, 0.29) is 18.0 Å². The Balaban J connectivity index is 2.54. The summed E-state index contributed by atoms with van der Waals surface area (Å²) in [6.45, 7) is 10.8. The summed E-state index contributed by atoms with van der Waals surface area (Å²) in [5, 5.41) is 8.49. The molecule has 0 aliphatic heterocycles. The molecule has 0 aliphatic carbocycles. The van der Waals surface area contributed by atoms with Crippen LogP contribution >= 0.6 is 0 Å². The second-order valence-corrected chi connectivity index (χ2v) is 6.31. The molecular formula is C17H27N3O2. The van der Waals surface area contributed by atoms with Crippen molar-refractivity contribution in [1.29, 1.82) is 0 Å². The molecule has 0 aromatic heterocycles. The van der Waals surface area contributed by atoms with Crippen molar-refractivity contribution in [3.8, 4) is 0 Å². The molecule has 0 bridgehead atoms. The summed E-state index contributed by atoms with van der Waals surface area (Å²) in [5.41, 5.74) is 1.25. The number of benzene rings is 1. The molecule has 122 valence electrons. The van der Waals surface area contributed by atoms with Gasteiger partial charge in [-0.3, -0.25) is 4.79 Å². The molecule has 22 heavy (non-hydrogen) atoms. The third kappa shape index (κ3) is 6.16. The Hall–Kier alpha value is -2.04. The molecular weight excluding hydrogens is 278 g/mol. The lowest BCUT2D eigenvalue weighted by Crippen LogP contribution is -2.39. The highest BCUT2D eigenvalue weighted by atomic mass is 16.2. The molecule has 5 nitrogen and oxygen atoms in total. The van der Waals surface area contributed by atoms with Gasteiger partial charge in [-0.05, 0) is 43.0 Å². The molecule has 0 radical (unpaired) electrons. The molecule has 0 spiro atoms. The van der Waals surface area contributed by atoms with E-state index in [1.165, 1.54) is 0 Å². The second-order valence-electron chi connectivity index (χ2n) is 6.31. The number of hydrogen-bond donors (Lipinski definition) is 3. The fraction of sp³-hybridized carbons (Fsp3) is 0.529. The van der Waals surface area contributed by atoms with E-state index in [4.69, 9.17) is 0 Å². The maximum atomic E-state index is 11.9. The van der Waals surface area contributed by atoms with Gasteiger partial charge in [0.25, 0.3) is 5.91 Å². The first-order valence-corrected chi connectivity index (χ1v) is 7.75. The lowest BCUT2D eigenvalue weighted by atomic mass is 10.1. The molecule has 0 saturated carbocycles. The zero-order chi connectivity index (χ0) is 16.7. The Kier molecular flexibility index (Phi) is 6.89. The van der Waals surface area contributed by atoms with Gasteiger partial charge in [0.15, 0.2) is 0 Å². The number of carbonyl (C=O) groups is 2. The lowest BCUT2D eigenvalue weighted by molar-refractivity contribution is 0.0949. The number of hydrogen-bond acceptors (Lipinski definition) is 2. The van der Waals surface area contributed by atoms with Gasteiger partial charge in [0.2, 0.25) is 0 Å². The van der Waals surface area contributed by atoms with Crippen LogP contribution in [0.2, 0.25) is 0 Å². The van der Waals surface area contributed by atoms with Crippen LogP contribution < -0.4 is 16.0 Å². The molecule has 0 aliphatic rings. The van der Waals surface area contributed by atoms with Crippen LogP contribution in [0.4, 0.5) is 10.5 Å². The molecule has 1 aromatic carbocycles. The Morgan fingerprint density at radius 1 is 1.00 bits per heavy atom. The smallest absolute Gasteiger partial charge is 0.319 e. The highest BCUT2D eigenvalue weighted by molar-refractivity contribution is 5.95. The second kappa shape index (κ2) is 8.41. The van der Waals surface area contributed by atoms with E-state index in [9.17, 15) is 9.59 Å². The van der Waals surface area contributed by atoms with Crippen molar-refractivity contribution in [1.82, 2.24) is 10.6 Å². The first-order chi connectivity index (χ1) is 10.3. The number of rotatable bonds is 6. The maximum Gasteiger partial charge on any atom is 0.319 e. The third-order valence-corrected chi connectivity index (χ3v) is 3.43. The van der Waals surface area contributed by atoms with Crippen molar-refractivity contribution in [2.24, 2.45) is 11.8 Å². The van der Waals surface area contributed by atoms with Gasteiger partial charge in [0, 0.05) is 23.8 Å². The molecule has 1 unspecified atom stereocenters. The molecule has 1 atom stereocenters. The van der Waals surface area contributed by atoms with Gasteiger partial charge in [0.1, 0.15) is 0 Å². The first kappa shape index (κ1) is 18.0. The molecule has 0 heterocycles. The van der Waals surface area contributed by atoms with Crippen molar-refractivity contribution >= 4 is 17.6 Å². The predicted octanol–water partition coefficient (Wildman–Crippen LogP) is 3.24. The highest BCUT2D eigenvalue weighted by Crippen LogP contribution is 2.10. The van der Waals surface area contributed by atoms with E-state index in [0.29, 0.717) is 29.6 Å². The molecule has 3 N–H and O–H groups in total. The number of anilines is 1. The lowest BCUT2D eigenvalue weighted by Gasteiger charge is -2.17. The van der Waals surface area contributed by atoms with Gasteiger partial charge in [-0.15, -0.1) is 0 Å². The van der Waals surface area contributed by atoms with Crippen LogP contribution in [-0.4, -0.2) is 24.5 Å². The highest BCUT2D eigenvalue weighted by Gasteiger charge is 2.11. The number of carbonyl (C=O) groups excluding carboxylic acids is 2. The van der Waals surface area contributed by atoms with Crippen LogP contribution in [0, 0.1) is 11.8 Å². The van der Waals surface area contributed by atoms with Crippen molar-refractivity contribution in [2.45, 2.75) is 40.7 Å². The number of nitrogens with one attached hydrogen (secondary N) is 3. The van der Waals surface area contributed by atoms with Crippen molar-refractivity contribution in [2.75, 3.05) is 11.9 Å². The van der Waals surface area contributed by atoms with Crippen LogP contribution in [0.15, 0.2) is 24.3 Å². The fourth-order valence-corrected chi connectivity index (χ4v) is 1.64. The summed E-state index contributed by atoms with van der Waals surface area (Å²) in [4.78, 5) is 23.7. The molecule has 0 fully saturated rings. The Morgan fingerprint density at radius 3 is 2.09 bits per heavy atom. The van der Waals surface area contributed by atoms with E-state index >= 15 is 0 Å². The molecule has 5 heteroatoms. The summed E-state index contributed by atoms with van der Waals surface area (Å²) in [6, 6.07) is 6.72. The van der Waals surface area contributed by atoms with Gasteiger partial charge in [0.05, 0.1) is 0 Å². The molecule has 1 aromatic rings. The predicted molar refractivity (Wildman–Crippen MR) is 90.1 cm³/mol. The van der Waals surface area contributed by atoms with Crippen LogP contribution in [0.1, 0.15) is 45.0 Å². The van der Waals surface area contributed by atoms with E-state index < -0.39 is 0 Å².